The number of rotatable bonds is 7. The lowest BCUT2D eigenvalue weighted by atomic mass is 9.98. The number of carbonyl (C=O) groups excluding carboxylic acids is 2. The Morgan fingerprint density at radius 1 is 1.18 bits per heavy atom. The molecule has 0 bridgehead atoms. The zero-order valence-corrected chi connectivity index (χ0v) is 19.6. The van der Waals surface area contributed by atoms with Gasteiger partial charge in [-0.1, -0.05) is 26.0 Å². The molecule has 0 saturated carbocycles. The van der Waals surface area contributed by atoms with Crippen molar-refractivity contribution in [3.63, 3.8) is 0 Å². The Morgan fingerprint density at radius 2 is 1.94 bits per heavy atom. The summed E-state index contributed by atoms with van der Waals surface area (Å²) in [5.41, 5.74) is 0.498. The van der Waals surface area contributed by atoms with Crippen LogP contribution in [0.3, 0.4) is 0 Å². The van der Waals surface area contributed by atoms with Crippen molar-refractivity contribution in [2.75, 3.05) is 13.1 Å². The predicted molar refractivity (Wildman–Crippen MR) is 126 cm³/mol. The number of aromatic nitrogens is 3. The molecule has 3 heterocycles. The first kappa shape index (κ1) is 23.1. The lowest BCUT2D eigenvalue weighted by Crippen LogP contribution is -2.48. The summed E-state index contributed by atoms with van der Waals surface area (Å²) in [4.78, 5) is 32.8. The summed E-state index contributed by atoms with van der Waals surface area (Å²) in [6.07, 6.45) is 3.08. The van der Waals surface area contributed by atoms with Crippen LogP contribution < -0.4 is 5.32 Å². The number of piperidine rings is 1. The molecule has 1 aliphatic heterocycles. The standard InChI is InChI=1S/C24H28FN5O2S/c1-3-16(4-2)24(32)29-12-10-18(11-13-29)26-23(31)21-27-22(20-9-6-14-33-20)30(28-21)19-8-5-7-17(25)15-19/h5-9,14-16,18H,3-4,10-13H2,1-2H3,(H,26,31). The van der Waals surface area contributed by atoms with Crippen LogP contribution in [-0.4, -0.2) is 50.6 Å². The molecule has 2 aromatic heterocycles. The lowest BCUT2D eigenvalue weighted by Gasteiger charge is -2.34. The molecule has 2 amide bonds. The van der Waals surface area contributed by atoms with Gasteiger partial charge < -0.3 is 10.2 Å². The third-order valence-corrected chi connectivity index (χ3v) is 6.95. The Balaban J connectivity index is 1.47. The maximum atomic E-state index is 13.8. The fourth-order valence-corrected chi connectivity index (χ4v) is 4.85. The smallest absolute Gasteiger partial charge is 0.291 e. The van der Waals surface area contributed by atoms with Crippen molar-refractivity contribution < 1.29 is 14.0 Å². The van der Waals surface area contributed by atoms with Gasteiger partial charge in [0.2, 0.25) is 11.7 Å². The Morgan fingerprint density at radius 3 is 2.58 bits per heavy atom. The van der Waals surface area contributed by atoms with Gasteiger partial charge in [-0.3, -0.25) is 9.59 Å². The van der Waals surface area contributed by atoms with Gasteiger partial charge in [0.1, 0.15) is 5.82 Å². The minimum absolute atomic E-state index is 0.0400. The van der Waals surface area contributed by atoms with Gasteiger partial charge in [0, 0.05) is 25.0 Å². The van der Waals surface area contributed by atoms with Gasteiger partial charge in [0.25, 0.3) is 5.91 Å². The number of benzene rings is 1. The topological polar surface area (TPSA) is 80.1 Å². The number of carbonyl (C=O) groups is 2. The number of hydrogen-bond donors (Lipinski definition) is 1. The number of hydrogen-bond acceptors (Lipinski definition) is 5. The van der Waals surface area contributed by atoms with Gasteiger partial charge in [-0.15, -0.1) is 16.4 Å². The predicted octanol–water partition coefficient (Wildman–Crippen LogP) is 4.29. The van der Waals surface area contributed by atoms with E-state index in [0.29, 0.717) is 37.4 Å². The van der Waals surface area contributed by atoms with E-state index in [2.05, 4.69) is 15.4 Å². The Labute approximate surface area is 196 Å². The van der Waals surface area contributed by atoms with Crippen LogP contribution >= 0.6 is 11.3 Å². The van der Waals surface area contributed by atoms with E-state index in [1.807, 2.05) is 36.3 Å². The van der Waals surface area contributed by atoms with E-state index in [1.54, 1.807) is 12.1 Å². The molecule has 1 saturated heterocycles. The average molecular weight is 470 g/mol. The zero-order valence-electron chi connectivity index (χ0n) is 18.8. The van der Waals surface area contributed by atoms with Gasteiger partial charge >= 0.3 is 0 Å². The summed E-state index contributed by atoms with van der Waals surface area (Å²) in [5, 5.41) is 9.33. The molecule has 7 nitrogen and oxygen atoms in total. The summed E-state index contributed by atoms with van der Waals surface area (Å²) in [6.45, 7) is 5.34. The second-order valence-corrected chi connectivity index (χ2v) is 9.16. The quantitative estimate of drug-likeness (QED) is 0.560. The SMILES string of the molecule is CCC(CC)C(=O)N1CCC(NC(=O)c2nc(-c3cccs3)n(-c3cccc(F)c3)n2)CC1. The Bertz CT molecular complexity index is 1100. The maximum Gasteiger partial charge on any atom is 0.291 e. The summed E-state index contributed by atoms with van der Waals surface area (Å²) in [7, 11) is 0. The van der Waals surface area contributed by atoms with Crippen molar-refractivity contribution in [2.45, 2.75) is 45.6 Å². The van der Waals surface area contributed by atoms with Crippen LogP contribution in [0.25, 0.3) is 16.4 Å². The van der Waals surface area contributed by atoms with Gasteiger partial charge in [0.15, 0.2) is 5.82 Å². The number of thiophene rings is 1. The molecule has 33 heavy (non-hydrogen) atoms. The highest BCUT2D eigenvalue weighted by atomic mass is 32.1. The van der Waals surface area contributed by atoms with Crippen LogP contribution in [0, 0.1) is 11.7 Å². The fourth-order valence-electron chi connectivity index (χ4n) is 4.15. The van der Waals surface area contributed by atoms with Gasteiger partial charge in [-0.2, -0.15) is 0 Å². The number of halogens is 1. The fraction of sp³-hybridized carbons (Fsp3) is 0.417. The monoisotopic (exact) mass is 469 g/mol. The molecule has 174 valence electrons. The van der Waals surface area contributed by atoms with Crippen molar-refractivity contribution in [1.29, 1.82) is 0 Å². The average Bonchev–Trinajstić information content (AvgIpc) is 3.50. The first-order valence-corrected chi connectivity index (χ1v) is 12.2. The molecule has 0 spiro atoms. The van der Waals surface area contributed by atoms with Gasteiger partial charge in [-0.05, 0) is 55.3 Å². The van der Waals surface area contributed by atoms with Gasteiger partial charge in [-0.25, -0.2) is 14.1 Å². The van der Waals surface area contributed by atoms with E-state index in [-0.39, 0.29) is 35.4 Å². The van der Waals surface area contributed by atoms with Crippen molar-refractivity contribution in [3.05, 3.63) is 53.4 Å². The summed E-state index contributed by atoms with van der Waals surface area (Å²) in [6, 6.07) is 9.78. The van der Waals surface area contributed by atoms with E-state index < -0.39 is 0 Å². The van der Waals surface area contributed by atoms with E-state index >= 15 is 0 Å². The van der Waals surface area contributed by atoms with Crippen LogP contribution in [0.1, 0.15) is 50.1 Å². The lowest BCUT2D eigenvalue weighted by molar-refractivity contribution is -0.136. The molecule has 0 radical (unpaired) electrons. The second-order valence-electron chi connectivity index (χ2n) is 8.21. The zero-order chi connectivity index (χ0) is 23.4. The molecule has 1 aromatic carbocycles. The molecular weight excluding hydrogens is 441 g/mol. The van der Waals surface area contributed by atoms with Crippen molar-refractivity contribution >= 4 is 23.2 Å². The maximum absolute atomic E-state index is 13.8. The van der Waals surface area contributed by atoms with E-state index in [0.717, 1.165) is 17.7 Å². The highest BCUT2D eigenvalue weighted by Crippen LogP contribution is 2.26. The molecule has 1 fully saturated rings. The Kier molecular flexibility index (Phi) is 7.17. The van der Waals surface area contributed by atoms with E-state index in [4.69, 9.17) is 0 Å². The Hall–Kier alpha value is -3.07. The number of nitrogens with one attached hydrogen (secondary N) is 1. The molecular formula is C24H28FN5O2S. The minimum Gasteiger partial charge on any atom is -0.346 e. The van der Waals surface area contributed by atoms with Crippen LogP contribution in [0.15, 0.2) is 41.8 Å². The van der Waals surface area contributed by atoms with Crippen molar-refractivity contribution in [2.24, 2.45) is 5.92 Å². The molecule has 9 heteroatoms. The first-order valence-electron chi connectivity index (χ1n) is 11.4. The first-order chi connectivity index (χ1) is 16.0. The highest BCUT2D eigenvalue weighted by Gasteiger charge is 2.28. The molecule has 0 unspecified atom stereocenters. The van der Waals surface area contributed by atoms with Gasteiger partial charge in [0.05, 0.1) is 10.6 Å². The number of likely N-dealkylation sites (tertiary alicyclic amines) is 1. The third-order valence-electron chi connectivity index (χ3n) is 6.08. The summed E-state index contributed by atoms with van der Waals surface area (Å²) in [5.74, 6) is 0.0572. The molecule has 4 rings (SSSR count). The van der Waals surface area contributed by atoms with Crippen molar-refractivity contribution in [3.8, 4) is 16.4 Å². The molecule has 0 aliphatic carbocycles. The van der Waals surface area contributed by atoms with Crippen LogP contribution in [0.5, 0.6) is 0 Å². The van der Waals surface area contributed by atoms with E-state index in [1.165, 1.54) is 28.2 Å². The van der Waals surface area contributed by atoms with Crippen LogP contribution in [0.2, 0.25) is 0 Å². The largest absolute Gasteiger partial charge is 0.346 e. The normalized spacial score (nSPS) is 14.6. The summed E-state index contributed by atoms with van der Waals surface area (Å²) >= 11 is 1.47. The number of amides is 2. The minimum atomic E-state index is -0.388. The van der Waals surface area contributed by atoms with Crippen LogP contribution in [-0.2, 0) is 4.79 Å². The van der Waals surface area contributed by atoms with E-state index in [9.17, 15) is 14.0 Å². The molecule has 3 aromatic rings. The number of nitrogens with zero attached hydrogens (tertiary/aromatic N) is 4. The second kappa shape index (κ2) is 10.2. The molecule has 1 aliphatic rings. The van der Waals surface area contributed by atoms with Crippen molar-refractivity contribution in [1.82, 2.24) is 25.0 Å². The van der Waals surface area contributed by atoms with Crippen LogP contribution in [0.4, 0.5) is 4.39 Å². The molecule has 0 atom stereocenters. The summed E-state index contributed by atoms with van der Waals surface area (Å²) < 4.78 is 15.3. The third kappa shape index (κ3) is 5.13. The molecule has 1 N–H and O–H groups in total. The highest BCUT2D eigenvalue weighted by molar-refractivity contribution is 7.13.